The van der Waals surface area contributed by atoms with Gasteiger partial charge in [0.1, 0.15) is 121 Å². The number of rotatable bonds is 17. The number of aliphatic hydroxyl groups excluding tert-OH is 12. The maximum atomic E-state index is 15.1. The Bertz CT molecular complexity index is 3020. The Morgan fingerprint density at radius 2 is 1.28 bits per heavy atom. The fraction of sp³-hybridized carbons (Fsp3) is 0.614. The summed E-state index contributed by atoms with van der Waals surface area (Å²) in [7, 11) is 0. The second-order valence-corrected chi connectivity index (χ2v) is 23.5. The molecule has 0 spiro atoms. The molecule has 37 nitrogen and oxygen atoms in total. The van der Waals surface area contributed by atoms with Gasteiger partial charge in [0.05, 0.1) is 45.1 Å². The molecule has 7 fully saturated rings. The minimum Gasteiger partial charge on any atom is -0.462 e. The summed E-state index contributed by atoms with van der Waals surface area (Å²) in [5.41, 5.74) is 0.728. The average molecular weight is 1330 g/mol. The number of nitrogens with zero attached hydrogens (tertiary/aromatic N) is 1. The number of nitrogens with one attached hydrogen (secondary N) is 11. The Labute approximate surface area is 535 Å². The standard InChI is InChI=1S/C57H80N12O25/c1-3-33-88-20-31-47(93-33)42(79)45(82)55(92-31)94-46-30(19-72)91-54(44(81)41(46)78)89-24-11-9-22(10-12-24)13-25-49(84)67-35(37(74)26-14-61-56(58)65-26)52(87)68-36(38(75)28-15-62-57(59)69(28)53-43(80)40(77)39(76)29(18-71)90-53)51(86)64-27(17-70)48(83)60-16-32(73)66-34(50(85)63-25)21(2)23-7-5-4-6-8-23/h3-12,21,25-31,33-47,53-55,70-72,74-82H,1,13-20H2,2H3,(H2,59,62)(H,60,83)(H,63,85)(H,64,86)(H,66,73)(H,67,84)(H,68,87)(H3,58,61,65). The van der Waals surface area contributed by atoms with E-state index in [1.165, 1.54) is 30.3 Å². The number of carbonyl (C=O) groups is 6. The Balaban J connectivity index is 1.00. The van der Waals surface area contributed by atoms with Crippen molar-refractivity contribution < 1.29 is 123 Å². The molecular weight excluding hydrogens is 1250 g/mol. The lowest BCUT2D eigenvalue weighted by atomic mass is 9.92. The Morgan fingerprint density at radius 1 is 0.628 bits per heavy atom. The molecule has 0 aliphatic carbocycles. The van der Waals surface area contributed by atoms with Gasteiger partial charge in [-0.1, -0.05) is 56.0 Å². The van der Waals surface area contributed by atoms with Crippen LogP contribution in [0, 0.1) is 10.8 Å². The van der Waals surface area contributed by atoms with Gasteiger partial charge in [-0.25, -0.2) is 0 Å². The predicted molar refractivity (Wildman–Crippen MR) is 313 cm³/mol. The van der Waals surface area contributed by atoms with E-state index >= 15 is 9.59 Å². The number of carbonyl (C=O) groups excluding carboxylic acids is 6. The molecule has 94 heavy (non-hydrogen) atoms. The molecule has 23 N–H and O–H groups in total. The first-order chi connectivity index (χ1) is 44.9. The minimum absolute atomic E-state index is 0.0492. The van der Waals surface area contributed by atoms with Crippen LogP contribution in [0.15, 0.2) is 67.3 Å². The number of fused-ring (bicyclic) bond motifs is 1. The first-order valence-corrected chi connectivity index (χ1v) is 30.1. The zero-order valence-electron chi connectivity index (χ0n) is 50.3. The zero-order valence-corrected chi connectivity index (χ0v) is 50.3. The van der Waals surface area contributed by atoms with Crippen LogP contribution in [-0.4, -0.2) is 312 Å². The first kappa shape index (κ1) is 70.9. The maximum absolute atomic E-state index is 15.1. The van der Waals surface area contributed by atoms with E-state index in [1.807, 2.05) is 0 Å². The molecule has 9 rings (SSSR count). The topological polar surface area (TPSA) is 569 Å². The third-order valence-corrected chi connectivity index (χ3v) is 17.3. The van der Waals surface area contributed by atoms with Crippen LogP contribution in [0.1, 0.15) is 24.0 Å². The van der Waals surface area contributed by atoms with Gasteiger partial charge in [-0.2, -0.15) is 0 Å². The fourth-order valence-electron chi connectivity index (χ4n) is 11.9. The highest BCUT2D eigenvalue weighted by molar-refractivity contribution is 5.98. The molecular formula is C57H80N12O25. The molecule has 7 aliphatic heterocycles. The van der Waals surface area contributed by atoms with Crippen LogP contribution >= 0.6 is 0 Å². The van der Waals surface area contributed by atoms with Crippen LogP contribution < -0.4 is 52.6 Å². The molecule has 7 saturated heterocycles. The molecule has 7 aliphatic rings. The van der Waals surface area contributed by atoms with Gasteiger partial charge in [0, 0.05) is 25.4 Å². The highest BCUT2D eigenvalue weighted by atomic mass is 16.8. The SMILES string of the molecule is C=CC1OCC2OC(OC3C(CO)OC(Oc4ccc(CC5NC(=O)C(C(C)c6ccccc6)NC(=O)CNC(=O)C(CO)NC(=O)C(C(O)C6CNC(=N)N6C6OC(CO)C(O)C(O)C6O)NC(=O)C(C(O)C6CNC(=N)N6)NC5=O)cc4)C(O)C3O)C(O)C(O)C2O1. The van der Waals surface area contributed by atoms with Crippen molar-refractivity contribution in [1.82, 2.24) is 52.8 Å². The largest absolute Gasteiger partial charge is 0.462 e. The molecule has 2 aromatic carbocycles. The molecule has 7 heterocycles. The number of benzene rings is 2. The lowest BCUT2D eigenvalue weighted by molar-refractivity contribution is -0.377. The van der Waals surface area contributed by atoms with Crippen LogP contribution in [0.4, 0.5) is 0 Å². The summed E-state index contributed by atoms with van der Waals surface area (Å²) in [4.78, 5) is 88.1. The van der Waals surface area contributed by atoms with E-state index in [9.17, 15) is 80.5 Å². The van der Waals surface area contributed by atoms with E-state index in [2.05, 4.69) is 54.4 Å². The lowest BCUT2D eigenvalue weighted by Gasteiger charge is -2.48. The van der Waals surface area contributed by atoms with Crippen molar-refractivity contribution in [3.8, 4) is 5.75 Å². The monoisotopic (exact) mass is 1330 g/mol. The fourth-order valence-corrected chi connectivity index (χ4v) is 11.9. The van der Waals surface area contributed by atoms with E-state index in [0.29, 0.717) is 5.56 Å². The quantitative estimate of drug-likeness (QED) is 0.0654. The Kier molecular flexibility index (Phi) is 23.4. The summed E-state index contributed by atoms with van der Waals surface area (Å²) in [5.74, 6) is -9.21. The summed E-state index contributed by atoms with van der Waals surface area (Å²) >= 11 is 0. The van der Waals surface area contributed by atoms with E-state index < -0.39 is 239 Å². The van der Waals surface area contributed by atoms with Gasteiger partial charge in [0.2, 0.25) is 41.7 Å². The summed E-state index contributed by atoms with van der Waals surface area (Å²) < 4.78 is 40.2. The molecule has 0 saturated carbocycles. The number of aliphatic hydroxyl groups is 12. The van der Waals surface area contributed by atoms with Crippen molar-refractivity contribution in [1.29, 1.82) is 10.8 Å². The van der Waals surface area contributed by atoms with Gasteiger partial charge in [0.15, 0.2) is 30.7 Å². The van der Waals surface area contributed by atoms with Crippen LogP contribution in [0.3, 0.4) is 0 Å². The molecule has 26 unspecified atom stereocenters. The average Bonchev–Trinajstić information content (AvgIpc) is 1.32. The second kappa shape index (κ2) is 31.0. The van der Waals surface area contributed by atoms with E-state index in [4.69, 9.17) is 44.0 Å². The molecule has 518 valence electrons. The minimum atomic E-state index is -2.35. The highest BCUT2D eigenvalue weighted by Crippen LogP contribution is 2.34. The zero-order chi connectivity index (χ0) is 68.0. The van der Waals surface area contributed by atoms with Crippen molar-refractivity contribution in [2.75, 3.05) is 46.1 Å². The van der Waals surface area contributed by atoms with Crippen LogP contribution in [0.2, 0.25) is 0 Å². The number of hydrogen-bond donors (Lipinski definition) is 23. The van der Waals surface area contributed by atoms with Gasteiger partial charge in [-0.15, -0.1) is 0 Å². The molecule has 26 atom stereocenters. The summed E-state index contributed by atoms with van der Waals surface area (Å²) in [5, 5.41) is 171. The Hall–Kier alpha value is -7.38. The number of guanidine groups is 2. The van der Waals surface area contributed by atoms with Crippen LogP contribution in [-0.2, 0) is 63.6 Å². The van der Waals surface area contributed by atoms with Gasteiger partial charge in [0.25, 0.3) is 0 Å². The smallest absolute Gasteiger partial charge is 0.246 e. The summed E-state index contributed by atoms with van der Waals surface area (Å²) in [6.07, 6.45) is -29.3. The molecule has 37 heteroatoms. The van der Waals surface area contributed by atoms with E-state index in [1.54, 1.807) is 37.3 Å². The third kappa shape index (κ3) is 15.6. The van der Waals surface area contributed by atoms with Crippen LogP contribution in [0.5, 0.6) is 5.75 Å². The predicted octanol–water partition coefficient (Wildman–Crippen LogP) is -11.6. The normalized spacial score (nSPS) is 38.2. The van der Waals surface area contributed by atoms with E-state index in [-0.39, 0.29) is 30.4 Å². The summed E-state index contributed by atoms with van der Waals surface area (Å²) in [6.45, 7) is 0.496. The first-order valence-electron chi connectivity index (χ1n) is 30.1. The maximum Gasteiger partial charge on any atom is 0.246 e. The number of hydrogen-bond acceptors (Lipinski definition) is 27. The molecule has 6 amide bonds. The highest BCUT2D eigenvalue weighted by Gasteiger charge is 2.55. The van der Waals surface area contributed by atoms with Crippen molar-refractivity contribution in [3.05, 3.63) is 78.4 Å². The number of ether oxygens (including phenoxy) is 7. The molecule has 0 bridgehead atoms. The molecule has 0 radical (unpaired) electrons. The second-order valence-electron chi connectivity index (χ2n) is 23.5. The van der Waals surface area contributed by atoms with Crippen molar-refractivity contribution in [3.63, 3.8) is 0 Å². The van der Waals surface area contributed by atoms with Crippen molar-refractivity contribution in [2.24, 2.45) is 0 Å². The van der Waals surface area contributed by atoms with Gasteiger partial charge >= 0.3 is 0 Å². The lowest BCUT2D eigenvalue weighted by Crippen LogP contribution is -2.69. The van der Waals surface area contributed by atoms with E-state index in [0.717, 1.165) is 4.90 Å². The number of amides is 6. The van der Waals surface area contributed by atoms with Crippen molar-refractivity contribution in [2.45, 2.75) is 172 Å². The Morgan fingerprint density at radius 3 is 1.94 bits per heavy atom. The molecule has 0 aromatic heterocycles. The molecule has 2 aromatic rings. The van der Waals surface area contributed by atoms with Crippen molar-refractivity contribution >= 4 is 47.4 Å². The summed E-state index contributed by atoms with van der Waals surface area (Å²) in [6, 6.07) is 0.908. The van der Waals surface area contributed by atoms with Gasteiger partial charge in [-0.3, -0.25) is 39.6 Å². The van der Waals surface area contributed by atoms with Gasteiger partial charge < -0.3 is 147 Å². The third-order valence-electron chi connectivity index (χ3n) is 17.3. The van der Waals surface area contributed by atoms with Gasteiger partial charge in [-0.05, 0) is 29.3 Å². The van der Waals surface area contributed by atoms with Crippen LogP contribution in [0.25, 0.3) is 0 Å².